The number of esters is 1. The van der Waals surface area contributed by atoms with Gasteiger partial charge in [0.05, 0.1) is 19.8 Å². The molecule has 1 aliphatic carbocycles. The predicted molar refractivity (Wildman–Crippen MR) is 66.9 cm³/mol. The summed E-state index contributed by atoms with van der Waals surface area (Å²) in [6.45, 7) is 7.27. The first-order valence-electron chi connectivity index (χ1n) is 6.55. The van der Waals surface area contributed by atoms with E-state index in [2.05, 4.69) is 12.2 Å². The molecule has 1 fully saturated rings. The van der Waals surface area contributed by atoms with Crippen molar-refractivity contribution in [2.24, 2.45) is 5.92 Å². The molecule has 1 N–H and O–H groups in total. The number of hydrogen-bond donors (Lipinski definition) is 1. The third-order valence-corrected chi connectivity index (χ3v) is 3.49. The highest BCUT2D eigenvalue weighted by atomic mass is 16.5. The lowest BCUT2D eigenvalue weighted by Crippen LogP contribution is -2.58. The topological polar surface area (TPSA) is 47.6 Å². The second-order valence-electron chi connectivity index (χ2n) is 4.80. The van der Waals surface area contributed by atoms with E-state index in [1.165, 1.54) is 7.11 Å². The lowest BCUT2D eigenvalue weighted by molar-refractivity contribution is -0.154. The molecule has 100 valence electrons. The monoisotopic (exact) mass is 243 g/mol. The summed E-state index contributed by atoms with van der Waals surface area (Å²) in [6, 6.07) is 0. The third-order valence-electron chi connectivity index (χ3n) is 3.49. The molecule has 2 atom stereocenters. The van der Waals surface area contributed by atoms with Gasteiger partial charge in [-0.25, -0.2) is 4.79 Å². The van der Waals surface area contributed by atoms with Gasteiger partial charge in [0.1, 0.15) is 5.54 Å². The van der Waals surface area contributed by atoms with Gasteiger partial charge in [0, 0.05) is 0 Å². The van der Waals surface area contributed by atoms with Crippen molar-refractivity contribution >= 4 is 5.97 Å². The minimum Gasteiger partial charge on any atom is -0.468 e. The van der Waals surface area contributed by atoms with E-state index < -0.39 is 5.54 Å². The summed E-state index contributed by atoms with van der Waals surface area (Å²) in [6.07, 6.45) is 3.28. The van der Waals surface area contributed by atoms with E-state index in [0.29, 0.717) is 12.5 Å². The van der Waals surface area contributed by atoms with Crippen molar-refractivity contribution in [3.8, 4) is 0 Å². The number of likely N-dealkylation sites (N-methyl/N-ethyl adjacent to an activating group) is 1. The highest BCUT2D eigenvalue weighted by Gasteiger charge is 2.51. The highest BCUT2D eigenvalue weighted by molar-refractivity contribution is 5.82. The van der Waals surface area contributed by atoms with Crippen LogP contribution in [0.25, 0.3) is 0 Å². The fourth-order valence-electron chi connectivity index (χ4n) is 2.08. The highest BCUT2D eigenvalue weighted by Crippen LogP contribution is 2.40. The molecule has 0 heterocycles. The predicted octanol–water partition coefficient (Wildman–Crippen LogP) is 1.73. The smallest absolute Gasteiger partial charge is 0.328 e. The van der Waals surface area contributed by atoms with E-state index in [0.717, 1.165) is 25.8 Å². The number of carbonyl (C=O) groups excluding carboxylic acids is 1. The second-order valence-corrected chi connectivity index (χ2v) is 4.80. The van der Waals surface area contributed by atoms with E-state index in [9.17, 15) is 4.79 Å². The third kappa shape index (κ3) is 3.42. The van der Waals surface area contributed by atoms with Crippen LogP contribution in [0, 0.1) is 5.92 Å². The van der Waals surface area contributed by atoms with Crippen LogP contribution in [0.1, 0.15) is 40.0 Å². The van der Waals surface area contributed by atoms with Crippen LogP contribution in [0.2, 0.25) is 0 Å². The van der Waals surface area contributed by atoms with Crippen LogP contribution in [0.4, 0.5) is 0 Å². The molecular formula is C13H25NO3. The van der Waals surface area contributed by atoms with Crippen LogP contribution >= 0.6 is 0 Å². The van der Waals surface area contributed by atoms with Crippen LogP contribution in [0.3, 0.4) is 0 Å². The number of carbonyl (C=O) groups is 1. The van der Waals surface area contributed by atoms with E-state index in [4.69, 9.17) is 9.47 Å². The first-order chi connectivity index (χ1) is 8.10. The van der Waals surface area contributed by atoms with Gasteiger partial charge in [0.25, 0.3) is 0 Å². The van der Waals surface area contributed by atoms with Gasteiger partial charge >= 0.3 is 5.97 Å². The maximum atomic E-state index is 12.0. The Morgan fingerprint density at radius 3 is 2.53 bits per heavy atom. The van der Waals surface area contributed by atoms with Crippen molar-refractivity contribution < 1.29 is 14.3 Å². The summed E-state index contributed by atoms with van der Waals surface area (Å²) >= 11 is 0. The Hall–Kier alpha value is -0.610. The zero-order valence-corrected chi connectivity index (χ0v) is 11.4. The summed E-state index contributed by atoms with van der Waals surface area (Å²) in [5, 5.41) is 3.29. The van der Waals surface area contributed by atoms with E-state index in [1.807, 2.05) is 13.8 Å². The molecular weight excluding hydrogens is 218 g/mol. The van der Waals surface area contributed by atoms with Crippen molar-refractivity contribution in [1.82, 2.24) is 5.32 Å². The largest absolute Gasteiger partial charge is 0.468 e. The van der Waals surface area contributed by atoms with Crippen LogP contribution in [-0.2, 0) is 14.3 Å². The Balaban J connectivity index is 2.71. The normalized spacial score (nSPS) is 20.7. The molecule has 2 unspecified atom stereocenters. The SMILES string of the molecule is CCNC(COC(C)CC)(C(=O)OC)C1CC1. The Bertz CT molecular complexity index is 253. The first kappa shape index (κ1) is 14.5. The minimum atomic E-state index is -0.632. The van der Waals surface area contributed by atoms with Crippen molar-refractivity contribution in [2.45, 2.75) is 51.7 Å². The first-order valence-corrected chi connectivity index (χ1v) is 6.55. The van der Waals surface area contributed by atoms with Crippen molar-refractivity contribution in [1.29, 1.82) is 0 Å². The number of hydrogen-bond acceptors (Lipinski definition) is 4. The minimum absolute atomic E-state index is 0.177. The van der Waals surface area contributed by atoms with Gasteiger partial charge in [-0.15, -0.1) is 0 Å². The van der Waals surface area contributed by atoms with Crippen LogP contribution in [0.15, 0.2) is 0 Å². The molecule has 0 amide bonds. The molecule has 1 rings (SSSR count). The molecule has 1 aliphatic rings. The van der Waals surface area contributed by atoms with Crippen molar-refractivity contribution in [2.75, 3.05) is 20.3 Å². The number of nitrogens with one attached hydrogen (secondary N) is 1. The standard InChI is InChI=1S/C13H25NO3/c1-5-10(3)17-9-13(14-6-2,11-7-8-11)12(15)16-4/h10-11,14H,5-9H2,1-4H3. The molecule has 4 heteroatoms. The van der Waals surface area contributed by atoms with Gasteiger partial charge in [0.2, 0.25) is 0 Å². The lowest BCUT2D eigenvalue weighted by atomic mass is 9.94. The van der Waals surface area contributed by atoms with Gasteiger partial charge in [-0.1, -0.05) is 13.8 Å². The fourth-order valence-corrected chi connectivity index (χ4v) is 2.08. The average molecular weight is 243 g/mol. The quantitative estimate of drug-likeness (QED) is 0.660. The van der Waals surface area contributed by atoms with Crippen LogP contribution in [-0.4, -0.2) is 37.9 Å². The second kappa shape index (κ2) is 6.36. The Labute approximate surface area is 104 Å². The number of ether oxygens (including phenoxy) is 2. The molecule has 0 aromatic carbocycles. The Kier molecular flexibility index (Phi) is 5.40. The molecule has 0 radical (unpaired) electrons. The fraction of sp³-hybridized carbons (Fsp3) is 0.923. The van der Waals surface area contributed by atoms with Crippen LogP contribution in [0.5, 0.6) is 0 Å². The molecule has 0 aromatic heterocycles. The summed E-state index contributed by atoms with van der Waals surface area (Å²) in [4.78, 5) is 12.0. The Morgan fingerprint density at radius 1 is 1.47 bits per heavy atom. The number of rotatable bonds is 8. The van der Waals surface area contributed by atoms with Crippen molar-refractivity contribution in [3.63, 3.8) is 0 Å². The molecule has 0 aliphatic heterocycles. The molecule has 4 nitrogen and oxygen atoms in total. The summed E-state index contributed by atoms with van der Waals surface area (Å²) in [5.74, 6) is 0.170. The Morgan fingerprint density at radius 2 is 2.12 bits per heavy atom. The molecule has 1 saturated carbocycles. The van der Waals surface area contributed by atoms with E-state index in [-0.39, 0.29) is 12.1 Å². The summed E-state index contributed by atoms with van der Waals surface area (Å²) in [7, 11) is 1.44. The molecule has 17 heavy (non-hydrogen) atoms. The number of methoxy groups -OCH3 is 1. The van der Waals surface area contributed by atoms with Crippen LogP contribution < -0.4 is 5.32 Å². The average Bonchev–Trinajstić information content (AvgIpc) is 3.17. The molecule has 0 saturated heterocycles. The molecule has 0 aromatic rings. The van der Waals surface area contributed by atoms with E-state index >= 15 is 0 Å². The van der Waals surface area contributed by atoms with Gasteiger partial charge in [0.15, 0.2) is 0 Å². The van der Waals surface area contributed by atoms with Gasteiger partial charge in [-0.2, -0.15) is 0 Å². The lowest BCUT2D eigenvalue weighted by Gasteiger charge is -2.32. The zero-order chi connectivity index (χ0) is 12.9. The molecule has 0 bridgehead atoms. The van der Waals surface area contributed by atoms with Gasteiger partial charge < -0.3 is 9.47 Å². The van der Waals surface area contributed by atoms with E-state index in [1.54, 1.807) is 0 Å². The maximum absolute atomic E-state index is 12.0. The van der Waals surface area contributed by atoms with Gasteiger partial charge in [-0.05, 0) is 38.6 Å². The van der Waals surface area contributed by atoms with Gasteiger partial charge in [-0.3, -0.25) is 5.32 Å². The molecule has 0 spiro atoms. The maximum Gasteiger partial charge on any atom is 0.328 e. The summed E-state index contributed by atoms with van der Waals surface area (Å²) in [5.41, 5.74) is -0.632. The zero-order valence-electron chi connectivity index (χ0n) is 11.4. The summed E-state index contributed by atoms with van der Waals surface area (Å²) < 4.78 is 10.7. The van der Waals surface area contributed by atoms with Crippen molar-refractivity contribution in [3.05, 3.63) is 0 Å².